The van der Waals surface area contributed by atoms with E-state index in [1.807, 2.05) is 0 Å². The Labute approximate surface area is 108 Å². The van der Waals surface area contributed by atoms with E-state index >= 15 is 0 Å². The van der Waals surface area contributed by atoms with E-state index in [9.17, 15) is 14.4 Å². The fourth-order valence-electron chi connectivity index (χ4n) is 1.53. The van der Waals surface area contributed by atoms with Gasteiger partial charge in [0.1, 0.15) is 17.6 Å². The third-order valence-corrected chi connectivity index (χ3v) is 2.57. The number of hydrogen-bond acceptors (Lipinski definition) is 6. The fourth-order valence-corrected chi connectivity index (χ4v) is 1.53. The van der Waals surface area contributed by atoms with E-state index in [0.29, 0.717) is 6.42 Å². The van der Waals surface area contributed by atoms with Crippen LogP contribution in [-0.4, -0.2) is 27.9 Å². The molecule has 7 heteroatoms. The van der Waals surface area contributed by atoms with Crippen molar-refractivity contribution in [1.29, 1.82) is 0 Å². The number of aromatic nitrogens is 2. The molecule has 0 amide bonds. The normalized spacial score (nSPS) is 16.9. The Balaban J connectivity index is 2.08. The third-order valence-electron chi connectivity index (χ3n) is 2.57. The molecule has 0 aromatic carbocycles. The zero-order valence-corrected chi connectivity index (χ0v) is 10.4. The van der Waals surface area contributed by atoms with Gasteiger partial charge in [-0.1, -0.05) is 6.58 Å². The number of esters is 1. The van der Waals surface area contributed by atoms with E-state index < -0.39 is 11.7 Å². The molecule has 0 unspecified atom stereocenters. The van der Waals surface area contributed by atoms with Gasteiger partial charge in [-0.15, -0.1) is 0 Å². The average molecular weight is 263 g/mol. The van der Waals surface area contributed by atoms with Gasteiger partial charge in [-0.3, -0.25) is 9.36 Å². The third kappa shape index (κ3) is 2.87. The number of nitrogens with one attached hydrogen (secondary N) is 1. The first-order valence-corrected chi connectivity index (χ1v) is 5.78. The molecule has 7 nitrogen and oxygen atoms in total. The smallest absolute Gasteiger partial charge is 0.354 e. The summed E-state index contributed by atoms with van der Waals surface area (Å²) in [5.41, 5.74) is -0.550. The Morgan fingerprint density at radius 3 is 2.84 bits per heavy atom. The molecule has 2 rings (SSSR count). The molecule has 0 saturated heterocycles. The highest BCUT2D eigenvalue weighted by Gasteiger charge is 2.37. The number of ether oxygens (including phenoxy) is 1. The summed E-state index contributed by atoms with van der Waals surface area (Å²) in [4.78, 5) is 37.7. The number of carbonyl (C=O) groups is 2. The second kappa shape index (κ2) is 5.05. The molecule has 1 heterocycles. The van der Waals surface area contributed by atoms with Crippen LogP contribution in [0.4, 0.5) is 5.82 Å². The molecule has 100 valence electrons. The van der Waals surface area contributed by atoms with Crippen LogP contribution in [-0.2, 0) is 14.3 Å². The summed E-state index contributed by atoms with van der Waals surface area (Å²) in [6.07, 6.45) is 1.83. The summed E-state index contributed by atoms with van der Waals surface area (Å²) in [5.74, 6) is -0.404. The van der Waals surface area contributed by atoms with E-state index in [0.717, 1.165) is 0 Å². The minimum absolute atomic E-state index is 0.00556. The highest BCUT2D eigenvalue weighted by atomic mass is 16.5. The Hall–Kier alpha value is -2.44. The van der Waals surface area contributed by atoms with Crippen molar-refractivity contribution in [2.75, 3.05) is 11.9 Å². The van der Waals surface area contributed by atoms with E-state index in [1.54, 1.807) is 6.92 Å². The molecule has 1 aromatic rings. The Morgan fingerprint density at radius 2 is 2.32 bits per heavy atom. The van der Waals surface area contributed by atoms with Gasteiger partial charge in [-0.05, 0) is 13.0 Å². The molecule has 1 fully saturated rings. The molecule has 0 aliphatic heterocycles. The van der Waals surface area contributed by atoms with Gasteiger partial charge in [0.05, 0.1) is 6.61 Å². The summed E-state index contributed by atoms with van der Waals surface area (Å²) in [6, 6.07) is 1.11. The summed E-state index contributed by atoms with van der Waals surface area (Å²) in [5, 5.41) is 2.59. The predicted molar refractivity (Wildman–Crippen MR) is 66.6 cm³/mol. The van der Waals surface area contributed by atoms with Gasteiger partial charge in [-0.25, -0.2) is 9.59 Å². The molecule has 1 aromatic heterocycles. The van der Waals surface area contributed by atoms with Crippen LogP contribution in [0.1, 0.15) is 19.4 Å². The molecule has 19 heavy (non-hydrogen) atoms. The predicted octanol–water partition coefficient (Wildman–Crippen LogP) is 0.246. The van der Waals surface area contributed by atoms with Gasteiger partial charge in [-0.2, -0.15) is 4.98 Å². The lowest BCUT2D eigenvalue weighted by Gasteiger charge is -2.08. The number of ketones is 1. The second-order valence-electron chi connectivity index (χ2n) is 4.01. The van der Waals surface area contributed by atoms with Crippen molar-refractivity contribution < 1.29 is 14.3 Å². The maximum atomic E-state index is 11.7. The molecule has 0 spiro atoms. The SMILES string of the molecule is C=C(Nc1ccn([C@@H]2CC2=O)c(=O)n1)C(=O)OCC. The lowest BCUT2D eigenvalue weighted by atomic mass is 10.4. The van der Waals surface area contributed by atoms with Crippen LogP contribution in [0.5, 0.6) is 0 Å². The topological polar surface area (TPSA) is 90.3 Å². The van der Waals surface area contributed by atoms with E-state index in [4.69, 9.17) is 4.74 Å². The van der Waals surface area contributed by atoms with E-state index in [1.165, 1.54) is 16.8 Å². The van der Waals surface area contributed by atoms with Crippen molar-refractivity contribution in [2.24, 2.45) is 0 Å². The number of anilines is 1. The maximum Gasteiger partial charge on any atom is 0.354 e. The minimum atomic E-state index is -0.606. The first kappa shape index (κ1) is 13.0. The summed E-state index contributed by atoms with van der Waals surface area (Å²) in [6.45, 7) is 5.40. The average Bonchev–Trinajstić information content (AvgIpc) is 3.06. The summed E-state index contributed by atoms with van der Waals surface area (Å²) in [7, 11) is 0. The molecular formula is C12H13N3O4. The number of rotatable bonds is 5. The summed E-state index contributed by atoms with van der Waals surface area (Å²) >= 11 is 0. The molecular weight excluding hydrogens is 250 g/mol. The molecule has 1 N–H and O–H groups in total. The van der Waals surface area contributed by atoms with Crippen molar-refractivity contribution in [2.45, 2.75) is 19.4 Å². The number of nitrogens with zero attached hydrogens (tertiary/aromatic N) is 2. The van der Waals surface area contributed by atoms with Gasteiger partial charge in [0.2, 0.25) is 0 Å². The van der Waals surface area contributed by atoms with Gasteiger partial charge < -0.3 is 10.1 Å². The molecule has 0 radical (unpaired) electrons. The van der Waals surface area contributed by atoms with Crippen molar-refractivity contribution in [1.82, 2.24) is 9.55 Å². The largest absolute Gasteiger partial charge is 0.461 e. The minimum Gasteiger partial charge on any atom is -0.461 e. The van der Waals surface area contributed by atoms with Crippen LogP contribution >= 0.6 is 0 Å². The van der Waals surface area contributed by atoms with Crippen molar-refractivity contribution in [3.05, 3.63) is 35.0 Å². The van der Waals surface area contributed by atoms with Gasteiger partial charge in [0.15, 0.2) is 5.78 Å². The Kier molecular flexibility index (Phi) is 3.46. The zero-order valence-electron chi connectivity index (χ0n) is 10.4. The molecule has 1 saturated carbocycles. The van der Waals surface area contributed by atoms with Crippen molar-refractivity contribution in [3.63, 3.8) is 0 Å². The van der Waals surface area contributed by atoms with Crippen LogP contribution in [0.3, 0.4) is 0 Å². The van der Waals surface area contributed by atoms with Crippen LogP contribution in [0, 0.1) is 0 Å². The van der Waals surface area contributed by atoms with Crippen molar-refractivity contribution in [3.8, 4) is 0 Å². The van der Waals surface area contributed by atoms with Crippen LogP contribution in [0.15, 0.2) is 29.3 Å². The molecule has 1 aliphatic carbocycles. The van der Waals surface area contributed by atoms with Crippen LogP contribution in [0.25, 0.3) is 0 Å². The van der Waals surface area contributed by atoms with Gasteiger partial charge in [0.25, 0.3) is 0 Å². The highest BCUT2D eigenvalue weighted by molar-refractivity contribution is 5.98. The molecule has 1 atom stereocenters. The zero-order chi connectivity index (χ0) is 14.0. The first-order valence-electron chi connectivity index (χ1n) is 5.78. The Bertz CT molecular complexity index is 605. The highest BCUT2D eigenvalue weighted by Crippen LogP contribution is 2.28. The number of hydrogen-bond donors (Lipinski definition) is 1. The standard InChI is InChI=1S/C12H13N3O4/c1-3-19-11(17)7(2)13-10-4-5-15(12(18)14-10)8-6-9(8)16/h4-5,8H,2-3,6H2,1H3,(H,13,14,18)/t8-/m1/s1. The fraction of sp³-hybridized carbons (Fsp3) is 0.333. The van der Waals surface area contributed by atoms with Gasteiger partial charge >= 0.3 is 11.7 Å². The number of carbonyl (C=O) groups excluding carboxylic acids is 2. The first-order chi connectivity index (χ1) is 9.02. The number of Topliss-reactive ketones (excluding diaryl/α,β-unsaturated/α-hetero) is 1. The van der Waals surface area contributed by atoms with Crippen LogP contribution < -0.4 is 11.0 Å². The lowest BCUT2D eigenvalue weighted by Crippen LogP contribution is -2.24. The Morgan fingerprint density at radius 1 is 1.63 bits per heavy atom. The quantitative estimate of drug-likeness (QED) is 0.604. The van der Waals surface area contributed by atoms with Crippen LogP contribution in [0.2, 0.25) is 0 Å². The summed E-state index contributed by atoms with van der Waals surface area (Å²) < 4.78 is 6.00. The molecule has 0 bridgehead atoms. The lowest BCUT2D eigenvalue weighted by molar-refractivity contribution is -0.138. The van der Waals surface area contributed by atoms with Crippen molar-refractivity contribution >= 4 is 17.6 Å². The van der Waals surface area contributed by atoms with E-state index in [2.05, 4.69) is 16.9 Å². The maximum absolute atomic E-state index is 11.7. The second-order valence-corrected chi connectivity index (χ2v) is 4.01. The molecule has 1 aliphatic rings. The van der Waals surface area contributed by atoms with Gasteiger partial charge in [0, 0.05) is 12.6 Å². The monoisotopic (exact) mass is 263 g/mol. The van der Waals surface area contributed by atoms with E-state index in [-0.39, 0.29) is 29.9 Å².